The molecule has 1 N–H and O–H groups in total. The molecule has 3 rings (SSSR count). The highest BCUT2D eigenvalue weighted by Crippen LogP contribution is 2.16. The van der Waals surface area contributed by atoms with Gasteiger partial charge in [-0.1, -0.05) is 6.42 Å². The van der Waals surface area contributed by atoms with Crippen molar-refractivity contribution in [2.75, 3.05) is 19.7 Å². The minimum absolute atomic E-state index is 0.0503. The SMILES string of the molecule is O=c1c2cnccc2ncn1CCN1CCCC[C@H]1CO. The average molecular weight is 288 g/mol. The summed E-state index contributed by atoms with van der Waals surface area (Å²) in [6.45, 7) is 2.53. The van der Waals surface area contributed by atoms with E-state index in [1.807, 2.05) is 0 Å². The Balaban J connectivity index is 1.76. The van der Waals surface area contributed by atoms with Crippen molar-refractivity contribution >= 4 is 10.9 Å². The first kappa shape index (κ1) is 14.2. The molecule has 0 saturated carbocycles. The van der Waals surface area contributed by atoms with E-state index in [0.717, 1.165) is 25.9 Å². The minimum atomic E-state index is -0.0503. The second-order valence-electron chi connectivity index (χ2n) is 5.50. The van der Waals surface area contributed by atoms with Gasteiger partial charge in [0.05, 0.1) is 23.8 Å². The molecule has 0 unspecified atom stereocenters. The Labute approximate surface area is 123 Å². The van der Waals surface area contributed by atoms with Gasteiger partial charge in [0.15, 0.2) is 0 Å². The molecule has 6 heteroatoms. The van der Waals surface area contributed by atoms with Crippen LogP contribution in [0.3, 0.4) is 0 Å². The van der Waals surface area contributed by atoms with Gasteiger partial charge in [-0.15, -0.1) is 0 Å². The van der Waals surface area contributed by atoms with Crippen LogP contribution in [0.25, 0.3) is 10.9 Å². The van der Waals surface area contributed by atoms with Gasteiger partial charge < -0.3 is 5.11 Å². The number of aliphatic hydroxyl groups is 1. The molecule has 0 amide bonds. The lowest BCUT2D eigenvalue weighted by Crippen LogP contribution is -2.44. The maximum Gasteiger partial charge on any atom is 0.262 e. The zero-order chi connectivity index (χ0) is 14.7. The van der Waals surface area contributed by atoms with Gasteiger partial charge in [0, 0.05) is 31.5 Å². The highest BCUT2D eigenvalue weighted by atomic mass is 16.3. The predicted molar refractivity (Wildman–Crippen MR) is 80.1 cm³/mol. The van der Waals surface area contributed by atoms with Crippen LogP contribution in [0.5, 0.6) is 0 Å². The van der Waals surface area contributed by atoms with Gasteiger partial charge >= 0.3 is 0 Å². The second kappa shape index (κ2) is 6.32. The van der Waals surface area contributed by atoms with Crippen molar-refractivity contribution in [2.24, 2.45) is 0 Å². The molecule has 0 spiro atoms. The molecule has 0 aromatic carbocycles. The first-order valence-corrected chi connectivity index (χ1v) is 7.43. The Morgan fingerprint density at radius 3 is 3.10 bits per heavy atom. The Hall–Kier alpha value is -1.79. The number of piperidine rings is 1. The highest BCUT2D eigenvalue weighted by molar-refractivity contribution is 5.75. The van der Waals surface area contributed by atoms with Crippen LogP contribution < -0.4 is 5.56 Å². The lowest BCUT2D eigenvalue weighted by Gasteiger charge is -2.34. The molecule has 3 heterocycles. The maximum atomic E-state index is 12.4. The summed E-state index contributed by atoms with van der Waals surface area (Å²) in [7, 11) is 0. The van der Waals surface area contributed by atoms with E-state index in [1.54, 1.807) is 29.4 Å². The molecule has 1 aliphatic rings. The molecule has 112 valence electrons. The van der Waals surface area contributed by atoms with E-state index in [-0.39, 0.29) is 18.2 Å². The summed E-state index contributed by atoms with van der Waals surface area (Å²) in [5.74, 6) is 0. The number of pyridine rings is 1. The van der Waals surface area contributed by atoms with E-state index in [9.17, 15) is 9.90 Å². The van der Waals surface area contributed by atoms with E-state index in [2.05, 4.69) is 14.9 Å². The number of aromatic nitrogens is 3. The predicted octanol–water partition coefficient (Wildman–Crippen LogP) is 0.638. The minimum Gasteiger partial charge on any atom is -0.395 e. The smallest absolute Gasteiger partial charge is 0.262 e. The van der Waals surface area contributed by atoms with Crippen LogP contribution in [0.15, 0.2) is 29.6 Å². The zero-order valence-corrected chi connectivity index (χ0v) is 12.0. The quantitative estimate of drug-likeness (QED) is 0.894. The van der Waals surface area contributed by atoms with E-state index >= 15 is 0 Å². The van der Waals surface area contributed by atoms with Crippen LogP contribution in [-0.4, -0.2) is 50.3 Å². The summed E-state index contributed by atoms with van der Waals surface area (Å²) in [5, 5.41) is 9.98. The van der Waals surface area contributed by atoms with Crippen molar-refractivity contribution in [3.63, 3.8) is 0 Å². The Bertz CT molecular complexity index is 670. The number of fused-ring (bicyclic) bond motifs is 1. The standard InChI is InChI=1S/C15H20N4O2/c20-10-12-3-1-2-6-18(12)7-8-19-11-17-14-4-5-16-9-13(14)15(19)21/h4-5,9,11-12,20H,1-3,6-8,10H2/t12-/m0/s1. The molecule has 0 aliphatic carbocycles. The van der Waals surface area contributed by atoms with E-state index < -0.39 is 0 Å². The molecule has 21 heavy (non-hydrogen) atoms. The van der Waals surface area contributed by atoms with Gasteiger partial charge in [-0.3, -0.25) is 19.2 Å². The van der Waals surface area contributed by atoms with Crippen molar-refractivity contribution in [3.8, 4) is 0 Å². The monoisotopic (exact) mass is 288 g/mol. The van der Waals surface area contributed by atoms with Crippen LogP contribution >= 0.6 is 0 Å². The molecule has 1 fully saturated rings. The van der Waals surface area contributed by atoms with Gasteiger partial charge in [0.1, 0.15) is 0 Å². The van der Waals surface area contributed by atoms with Crippen molar-refractivity contribution in [1.29, 1.82) is 0 Å². The summed E-state index contributed by atoms with van der Waals surface area (Å²) in [6, 6.07) is 1.97. The van der Waals surface area contributed by atoms with Gasteiger partial charge in [0.2, 0.25) is 0 Å². The molecule has 1 aliphatic heterocycles. The van der Waals surface area contributed by atoms with E-state index in [1.165, 1.54) is 6.42 Å². The number of nitrogens with zero attached hydrogens (tertiary/aromatic N) is 4. The lowest BCUT2D eigenvalue weighted by atomic mass is 10.0. The molecule has 1 atom stereocenters. The molecule has 2 aromatic rings. The lowest BCUT2D eigenvalue weighted by molar-refractivity contribution is 0.0869. The van der Waals surface area contributed by atoms with Gasteiger partial charge in [-0.05, 0) is 25.5 Å². The summed E-state index contributed by atoms with van der Waals surface area (Å²) < 4.78 is 1.63. The molecule has 1 saturated heterocycles. The van der Waals surface area contributed by atoms with Crippen LogP contribution in [0.1, 0.15) is 19.3 Å². The molecule has 6 nitrogen and oxygen atoms in total. The molecular weight excluding hydrogens is 268 g/mol. The number of aliphatic hydroxyl groups excluding tert-OH is 1. The fourth-order valence-corrected chi connectivity index (χ4v) is 2.96. The fraction of sp³-hybridized carbons (Fsp3) is 0.533. The normalized spacial score (nSPS) is 20.0. The van der Waals surface area contributed by atoms with Crippen LogP contribution in [0.2, 0.25) is 0 Å². The average Bonchev–Trinajstić information content (AvgIpc) is 2.55. The number of likely N-dealkylation sites (tertiary alicyclic amines) is 1. The van der Waals surface area contributed by atoms with Crippen LogP contribution in [0.4, 0.5) is 0 Å². The second-order valence-corrected chi connectivity index (χ2v) is 5.50. The Morgan fingerprint density at radius 1 is 1.33 bits per heavy atom. The van der Waals surface area contributed by atoms with Crippen LogP contribution in [0, 0.1) is 0 Å². The molecular formula is C15H20N4O2. The van der Waals surface area contributed by atoms with Crippen molar-refractivity contribution in [3.05, 3.63) is 35.1 Å². The first-order chi connectivity index (χ1) is 10.3. The summed E-state index contributed by atoms with van der Waals surface area (Å²) in [5.41, 5.74) is 0.628. The van der Waals surface area contributed by atoms with Gasteiger partial charge in [-0.2, -0.15) is 0 Å². The molecule has 0 bridgehead atoms. The van der Waals surface area contributed by atoms with Crippen molar-refractivity contribution in [2.45, 2.75) is 31.8 Å². The number of hydrogen-bond donors (Lipinski definition) is 1. The third-order valence-electron chi connectivity index (χ3n) is 4.21. The molecule has 0 radical (unpaired) electrons. The first-order valence-electron chi connectivity index (χ1n) is 7.43. The fourth-order valence-electron chi connectivity index (χ4n) is 2.96. The van der Waals surface area contributed by atoms with E-state index in [0.29, 0.717) is 17.4 Å². The number of rotatable bonds is 4. The zero-order valence-electron chi connectivity index (χ0n) is 12.0. The Kier molecular flexibility index (Phi) is 4.26. The Morgan fingerprint density at radius 2 is 2.24 bits per heavy atom. The van der Waals surface area contributed by atoms with E-state index in [4.69, 9.17) is 0 Å². The largest absolute Gasteiger partial charge is 0.395 e. The summed E-state index contributed by atoms with van der Waals surface area (Å²) in [4.78, 5) is 22.9. The highest BCUT2D eigenvalue weighted by Gasteiger charge is 2.21. The summed E-state index contributed by atoms with van der Waals surface area (Å²) in [6.07, 6.45) is 8.17. The van der Waals surface area contributed by atoms with Crippen molar-refractivity contribution in [1.82, 2.24) is 19.4 Å². The number of hydrogen-bond acceptors (Lipinski definition) is 5. The maximum absolute atomic E-state index is 12.4. The van der Waals surface area contributed by atoms with Crippen molar-refractivity contribution < 1.29 is 5.11 Å². The van der Waals surface area contributed by atoms with Gasteiger partial charge in [0.25, 0.3) is 5.56 Å². The van der Waals surface area contributed by atoms with Crippen LogP contribution in [-0.2, 0) is 6.54 Å². The topological polar surface area (TPSA) is 71.2 Å². The molecule has 2 aromatic heterocycles. The third kappa shape index (κ3) is 2.96. The third-order valence-corrected chi connectivity index (χ3v) is 4.21. The van der Waals surface area contributed by atoms with Gasteiger partial charge in [-0.25, -0.2) is 4.98 Å². The summed E-state index contributed by atoms with van der Waals surface area (Å²) >= 11 is 0.